The van der Waals surface area contributed by atoms with Crippen molar-refractivity contribution in [2.45, 2.75) is 32.1 Å². The van der Waals surface area contributed by atoms with E-state index >= 15 is 0 Å². The van der Waals surface area contributed by atoms with Gasteiger partial charge in [0.05, 0.1) is 0 Å². The van der Waals surface area contributed by atoms with Gasteiger partial charge >= 0.3 is 16.4 Å². The molecule has 0 saturated heterocycles. The molecule has 0 radical (unpaired) electrons. The Hall–Kier alpha value is -0.310. The van der Waals surface area contributed by atoms with Gasteiger partial charge in [-0.1, -0.05) is 12.8 Å². The van der Waals surface area contributed by atoms with Crippen LogP contribution in [0.4, 0.5) is 0 Å². The highest BCUT2D eigenvalue weighted by Gasteiger charge is 2.04. The van der Waals surface area contributed by atoms with E-state index in [1.54, 1.807) is 0 Å². The number of carbonyl (C=O) groups is 1. The van der Waals surface area contributed by atoms with E-state index < -0.39 is 16.4 Å². The lowest BCUT2D eigenvalue weighted by atomic mass is 10.2. The molecule has 0 amide bonds. The van der Waals surface area contributed by atoms with Crippen LogP contribution in [0.1, 0.15) is 32.1 Å². The number of carboxylic acids is 1. The molecule has 0 heterocycles. The third-order valence-corrected chi connectivity index (χ3v) is 3.03. The van der Waals surface area contributed by atoms with Gasteiger partial charge < -0.3 is 5.11 Å². The van der Waals surface area contributed by atoms with Gasteiger partial charge in [0, 0.05) is 24.2 Å². The lowest BCUT2D eigenvalue weighted by Crippen LogP contribution is -1.97. The number of hydrogen-bond donors (Lipinski definition) is 2. The van der Waals surface area contributed by atoms with Gasteiger partial charge in [-0.15, -0.1) is 0 Å². The highest BCUT2D eigenvalue weighted by Crippen LogP contribution is 2.11. The van der Waals surface area contributed by atoms with Crippen LogP contribution in [-0.2, 0) is 18.8 Å². The molecule has 0 atom stereocenters. The zero-order valence-corrected chi connectivity index (χ0v) is 9.72. The van der Waals surface area contributed by atoms with Crippen LogP contribution < -0.4 is 0 Å². The number of carboxylic acid groups (broad SMARTS) is 1. The molecule has 6 nitrogen and oxygen atoms in total. The molecule has 0 spiro atoms. The number of unbranched alkanes of at least 4 members (excludes halogenated alkanes) is 3. The summed E-state index contributed by atoms with van der Waals surface area (Å²) < 4.78 is 32.4. The van der Waals surface area contributed by atoms with Gasteiger partial charge in [0.25, 0.3) is 0 Å². The molecular weight excluding hydrogens is 244 g/mol. The van der Waals surface area contributed by atoms with Gasteiger partial charge in [-0.3, -0.25) is 9.35 Å². The van der Waals surface area contributed by atoms with E-state index in [-0.39, 0.29) is 6.42 Å². The maximum atomic E-state index is 10.1. The molecule has 0 aliphatic carbocycles. The molecule has 0 aromatic heterocycles. The summed E-state index contributed by atoms with van der Waals surface area (Å²) in [4.78, 5) is 10.1. The van der Waals surface area contributed by atoms with E-state index in [1.807, 2.05) is 0 Å². The van der Waals surface area contributed by atoms with Crippen molar-refractivity contribution in [3.05, 3.63) is 0 Å². The van der Waals surface area contributed by atoms with Gasteiger partial charge in [-0.2, -0.15) is 12.0 Å². The summed E-state index contributed by atoms with van der Waals surface area (Å²) >= 11 is 0.670. The number of rotatable bonds is 9. The molecule has 2 N–H and O–H groups in total. The van der Waals surface area contributed by atoms with Crippen molar-refractivity contribution in [2.75, 3.05) is 5.75 Å². The van der Waals surface area contributed by atoms with Gasteiger partial charge in [0.1, 0.15) is 0 Å². The fraction of sp³-hybridized carbons (Fsp3) is 0.857. The van der Waals surface area contributed by atoms with Crippen molar-refractivity contribution in [3.63, 3.8) is 0 Å². The zero-order chi connectivity index (χ0) is 11.7. The smallest absolute Gasteiger partial charge is 0.408 e. The number of hydrogen-bond acceptors (Lipinski definition) is 5. The lowest BCUT2D eigenvalue weighted by molar-refractivity contribution is -0.137. The molecule has 0 saturated carbocycles. The molecular formula is C7H14O6S2. The lowest BCUT2D eigenvalue weighted by Gasteiger charge is -1.99. The third-order valence-electron chi connectivity index (χ3n) is 1.50. The molecule has 0 unspecified atom stereocenters. The van der Waals surface area contributed by atoms with Crippen molar-refractivity contribution in [3.8, 4) is 0 Å². The summed E-state index contributed by atoms with van der Waals surface area (Å²) in [5.41, 5.74) is 0. The second-order valence-electron chi connectivity index (χ2n) is 2.88. The van der Waals surface area contributed by atoms with E-state index in [0.717, 1.165) is 19.3 Å². The van der Waals surface area contributed by atoms with E-state index in [2.05, 4.69) is 3.63 Å². The fourth-order valence-electron chi connectivity index (χ4n) is 0.886. The quantitative estimate of drug-likeness (QED) is 0.367. The topological polar surface area (TPSA) is 101 Å². The van der Waals surface area contributed by atoms with E-state index in [1.165, 1.54) is 0 Å². The Bertz CT molecular complexity index is 273. The molecule has 0 aliphatic rings. The summed E-state index contributed by atoms with van der Waals surface area (Å²) in [5.74, 6) is -0.355. The van der Waals surface area contributed by atoms with Crippen molar-refractivity contribution >= 4 is 28.4 Å². The minimum absolute atomic E-state index is 0.161. The molecule has 0 fully saturated rings. The van der Waals surface area contributed by atoms with Crippen LogP contribution in [-0.4, -0.2) is 29.8 Å². The minimum Gasteiger partial charge on any atom is -0.481 e. The normalized spacial score (nSPS) is 11.5. The zero-order valence-electron chi connectivity index (χ0n) is 8.09. The van der Waals surface area contributed by atoms with Crippen LogP contribution in [0.5, 0.6) is 0 Å². The molecule has 15 heavy (non-hydrogen) atoms. The van der Waals surface area contributed by atoms with Gasteiger partial charge in [-0.05, 0) is 12.8 Å². The Morgan fingerprint density at radius 3 is 2.33 bits per heavy atom. The predicted octanol–water partition coefficient (Wildman–Crippen LogP) is 1.49. The summed E-state index contributed by atoms with van der Waals surface area (Å²) in [6.45, 7) is 0. The van der Waals surface area contributed by atoms with E-state index in [4.69, 9.17) is 9.66 Å². The molecule has 0 bridgehead atoms. The van der Waals surface area contributed by atoms with Crippen molar-refractivity contribution in [2.24, 2.45) is 0 Å². The molecule has 0 rings (SSSR count). The van der Waals surface area contributed by atoms with Crippen LogP contribution >= 0.6 is 12.0 Å². The SMILES string of the molecule is O=C(O)CCCCCCSOS(=O)(=O)O. The second kappa shape index (κ2) is 7.91. The van der Waals surface area contributed by atoms with Crippen LogP contribution in [0.3, 0.4) is 0 Å². The average Bonchev–Trinajstić information content (AvgIpc) is 2.07. The first-order valence-electron chi connectivity index (χ1n) is 4.42. The fourth-order valence-corrected chi connectivity index (χ4v) is 1.97. The van der Waals surface area contributed by atoms with Crippen LogP contribution in [0.25, 0.3) is 0 Å². The first-order valence-corrected chi connectivity index (χ1v) is 6.70. The minimum atomic E-state index is -4.35. The molecule has 0 aromatic carbocycles. The first-order chi connectivity index (χ1) is 6.92. The van der Waals surface area contributed by atoms with Crippen molar-refractivity contribution in [1.29, 1.82) is 0 Å². The Morgan fingerprint density at radius 1 is 1.20 bits per heavy atom. The summed E-state index contributed by atoms with van der Waals surface area (Å²) in [7, 11) is -4.35. The number of aliphatic carboxylic acids is 1. The Morgan fingerprint density at radius 2 is 1.80 bits per heavy atom. The summed E-state index contributed by atoms with van der Waals surface area (Å²) in [6.07, 6.45) is 3.11. The summed E-state index contributed by atoms with van der Waals surface area (Å²) in [5, 5.41) is 8.33. The highest BCUT2D eigenvalue weighted by molar-refractivity contribution is 8.02. The van der Waals surface area contributed by atoms with E-state index in [9.17, 15) is 13.2 Å². The van der Waals surface area contributed by atoms with Crippen molar-refractivity contribution < 1.29 is 26.5 Å². The largest absolute Gasteiger partial charge is 0.481 e. The maximum absolute atomic E-state index is 10.1. The molecule has 0 aliphatic heterocycles. The van der Waals surface area contributed by atoms with Gasteiger partial charge in [0.15, 0.2) is 0 Å². The molecule has 0 aromatic rings. The first kappa shape index (κ1) is 14.7. The van der Waals surface area contributed by atoms with Crippen LogP contribution in [0.2, 0.25) is 0 Å². The maximum Gasteiger partial charge on any atom is 0.408 e. The molecule has 90 valence electrons. The standard InChI is InChI=1S/C7H14O6S2/c8-7(9)5-3-1-2-4-6-14-13-15(10,11)12/h1-6H2,(H,8,9)(H,10,11,12). The Labute approximate surface area is 93.2 Å². The Kier molecular flexibility index (Phi) is 7.75. The Balaban J connectivity index is 3.16. The summed E-state index contributed by atoms with van der Waals surface area (Å²) in [6, 6.07) is 0. The van der Waals surface area contributed by atoms with Crippen LogP contribution in [0, 0.1) is 0 Å². The van der Waals surface area contributed by atoms with Gasteiger partial charge in [-0.25, -0.2) is 0 Å². The monoisotopic (exact) mass is 258 g/mol. The predicted molar refractivity (Wildman–Crippen MR) is 55.8 cm³/mol. The van der Waals surface area contributed by atoms with Gasteiger partial charge in [0.2, 0.25) is 0 Å². The van der Waals surface area contributed by atoms with Crippen LogP contribution in [0.15, 0.2) is 0 Å². The highest BCUT2D eigenvalue weighted by atomic mass is 32.3. The van der Waals surface area contributed by atoms with E-state index in [0.29, 0.717) is 24.2 Å². The second-order valence-corrected chi connectivity index (χ2v) is 4.92. The van der Waals surface area contributed by atoms with Crippen molar-refractivity contribution in [1.82, 2.24) is 0 Å². The molecule has 8 heteroatoms. The average molecular weight is 258 g/mol. The third kappa shape index (κ3) is 13.7.